The first-order valence-corrected chi connectivity index (χ1v) is 8.02. The second kappa shape index (κ2) is 9.58. The van der Waals surface area contributed by atoms with Crippen LogP contribution in [0, 0.1) is 10.1 Å². The van der Waals surface area contributed by atoms with E-state index in [1.54, 1.807) is 0 Å². The molecule has 2 amide bonds. The lowest BCUT2D eigenvalue weighted by Crippen LogP contribution is -3.14. The fourth-order valence-corrected chi connectivity index (χ4v) is 2.23. The van der Waals surface area contributed by atoms with Gasteiger partial charge in [-0.25, -0.2) is 0 Å². The van der Waals surface area contributed by atoms with Crippen LogP contribution in [0.5, 0.6) is 5.75 Å². The first-order chi connectivity index (χ1) is 11.8. The van der Waals surface area contributed by atoms with E-state index in [2.05, 4.69) is 10.6 Å². The van der Waals surface area contributed by atoms with Crippen LogP contribution in [0.25, 0.3) is 0 Å². The lowest BCUT2D eigenvalue weighted by Gasteiger charge is -2.18. The molecule has 0 aliphatic heterocycles. The van der Waals surface area contributed by atoms with Gasteiger partial charge in [0.15, 0.2) is 13.1 Å². The van der Waals surface area contributed by atoms with Crippen LogP contribution >= 0.6 is 0 Å². The number of nitro benzene ring substituents is 1. The quantitative estimate of drug-likeness (QED) is 0.426. The molecule has 1 rings (SSSR count). The summed E-state index contributed by atoms with van der Waals surface area (Å²) >= 11 is 0. The lowest BCUT2D eigenvalue weighted by molar-refractivity contribution is -0.881. The monoisotopic (exact) mass is 353 g/mol. The van der Waals surface area contributed by atoms with Crippen LogP contribution in [-0.2, 0) is 9.59 Å². The number of carbonyl (C=O) groups excluding carboxylic acids is 2. The van der Waals surface area contributed by atoms with Crippen LogP contribution < -0.4 is 20.3 Å². The summed E-state index contributed by atoms with van der Waals surface area (Å²) in [4.78, 5) is 35.1. The Bertz CT molecular complexity index is 633. The van der Waals surface area contributed by atoms with E-state index in [-0.39, 0.29) is 42.4 Å². The molecule has 9 nitrogen and oxygen atoms in total. The highest BCUT2D eigenvalue weighted by atomic mass is 16.6. The minimum atomic E-state index is -0.537. The Labute approximate surface area is 146 Å². The first-order valence-electron chi connectivity index (χ1n) is 8.02. The smallest absolute Gasteiger partial charge is 0.279 e. The number of rotatable bonds is 9. The predicted octanol–water partition coefficient (Wildman–Crippen LogP) is -0.0287. The molecule has 0 aromatic heterocycles. The molecule has 0 aliphatic rings. The average molecular weight is 353 g/mol. The summed E-state index contributed by atoms with van der Waals surface area (Å²) < 4.78 is 5.09. The highest BCUT2D eigenvalue weighted by Gasteiger charge is 2.19. The molecule has 0 spiro atoms. The van der Waals surface area contributed by atoms with Gasteiger partial charge in [0.1, 0.15) is 5.75 Å². The van der Waals surface area contributed by atoms with Crippen LogP contribution in [-0.4, -0.2) is 49.5 Å². The van der Waals surface area contributed by atoms with Crippen molar-refractivity contribution in [3.8, 4) is 5.75 Å². The molecule has 1 aromatic carbocycles. The number of hydrogen-bond acceptors (Lipinski definition) is 5. The molecule has 0 saturated heterocycles. The predicted molar refractivity (Wildman–Crippen MR) is 92.8 cm³/mol. The number of benzene rings is 1. The lowest BCUT2D eigenvalue weighted by atomic mass is 10.2. The number of anilines is 1. The number of likely N-dealkylation sites (N-methyl/N-ethyl adjacent to an activating group) is 1. The molecule has 0 radical (unpaired) electrons. The van der Waals surface area contributed by atoms with Crippen LogP contribution in [0.4, 0.5) is 11.4 Å². The van der Waals surface area contributed by atoms with E-state index in [1.807, 2.05) is 20.8 Å². The maximum atomic E-state index is 12.2. The van der Waals surface area contributed by atoms with Gasteiger partial charge in [-0.3, -0.25) is 19.7 Å². The SMILES string of the molecule is CC[NH+](CC(=O)Nc1ccc([N+](=O)[O-])cc1OC)CC(=O)NC(C)C. The van der Waals surface area contributed by atoms with E-state index >= 15 is 0 Å². The van der Waals surface area contributed by atoms with Gasteiger partial charge in [-0.15, -0.1) is 0 Å². The Hall–Kier alpha value is -2.68. The Kier molecular flexibility index (Phi) is 7.80. The molecule has 0 saturated carbocycles. The fraction of sp³-hybridized carbons (Fsp3) is 0.500. The number of methoxy groups -OCH3 is 1. The van der Waals surface area contributed by atoms with E-state index < -0.39 is 4.92 Å². The number of carbonyl (C=O) groups is 2. The fourth-order valence-electron chi connectivity index (χ4n) is 2.23. The van der Waals surface area contributed by atoms with Gasteiger partial charge in [0.25, 0.3) is 17.5 Å². The molecule has 1 aromatic rings. The third-order valence-electron chi connectivity index (χ3n) is 3.44. The summed E-state index contributed by atoms with van der Waals surface area (Å²) in [5.41, 5.74) is 0.223. The number of non-ortho nitro benzene ring substituents is 1. The van der Waals surface area contributed by atoms with E-state index in [4.69, 9.17) is 4.74 Å². The van der Waals surface area contributed by atoms with Crippen LogP contribution in [0.15, 0.2) is 18.2 Å². The summed E-state index contributed by atoms with van der Waals surface area (Å²) in [7, 11) is 1.37. The van der Waals surface area contributed by atoms with Gasteiger partial charge in [-0.05, 0) is 26.8 Å². The zero-order valence-corrected chi connectivity index (χ0v) is 14.9. The number of hydrogen-bond donors (Lipinski definition) is 3. The Morgan fingerprint density at radius 1 is 1.28 bits per heavy atom. The van der Waals surface area contributed by atoms with Gasteiger partial charge in [0, 0.05) is 12.1 Å². The van der Waals surface area contributed by atoms with Gasteiger partial charge >= 0.3 is 0 Å². The van der Waals surface area contributed by atoms with E-state index in [1.165, 1.54) is 25.3 Å². The van der Waals surface area contributed by atoms with Crippen molar-refractivity contribution in [1.29, 1.82) is 0 Å². The van der Waals surface area contributed by atoms with Gasteiger partial charge in [-0.2, -0.15) is 0 Å². The average Bonchev–Trinajstić information content (AvgIpc) is 2.53. The second-order valence-electron chi connectivity index (χ2n) is 5.87. The van der Waals surface area contributed by atoms with Crippen LogP contribution in [0.1, 0.15) is 20.8 Å². The van der Waals surface area contributed by atoms with Crippen LogP contribution in [0.2, 0.25) is 0 Å². The molecule has 0 fully saturated rings. The van der Waals surface area contributed by atoms with Crippen molar-refractivity contribution in [2.45, 2.75) is 26.8 Å². The number of quaternary nitrogens is 1. The third-order valence-corrected chi connectivity index (χ3v) is 3.44. The van der Waals surface area contributed by atoms with Crippen molar-refractivity contribution in [2.75, 3.05) is 32.1 Å². The van der Waals surface area contributed by atoms with Crippen molar-refractivity contribution in [3.63, 3.8) is 0 Å². The number of ether oxygens (including phenoxy) is 1. The topological polar surface area (TPSA) is 115 Å². The van der Waals surface area contributed by atoms with Gasteiger partial charge in [0.2, 0.25) is 0 Å². The van der Waals surface area contributed by atoms with Crippen molar-refractivity contribution in [2.24, 2.45) is 0 Å². The van der Waals surface area contributed by atoms with Crippen molar-refractivity contribution in [1.82, 2.24) is 5.32 Å². The van der Waals surface area contributed by atoms with Crippen molar-refractivity contribution in [3.05, 3.63) is 28.3 Å². The highest BCUT2D eigenvalue weighted by Crippen LogP contribution is 2.28. The maximum Gasteiger partial charge on any atom is 0.279 e. The molecule has 9 heteroatoms. The molecule has 0 aliphatic carbocycles. The normalized spacial score (nSPS) is 11.7. The zero-order valence-electron chi connectivity index (χ0n) is 14.9. The van der Waals surface area contributed by atoms with Crippen molar-refractivity contribution >= 4 is 23.2 Å². The molecule has 0 bridgehead atoms. The molecule has 1 atom stereocenters. The minimum Gasteiger partial charge on any atom is -0.494 e. The summed E-state index contributed by atoms with van der Waals surface area (Å²) in [6, 6.07) is 4.00. The zero-order chi connectivity index (χ0) is 19.0. The summed E-state index contributed by atoms with van der Waals surface area (Å²) in [5, 5.41) is 16.2. The number of nitro groups is 1. The van der Waals surface area contributed by atoms with E-state index in [9.17, 15) is 19.7 Å². The molecular weight excluding hydrogens is 328 g/mol. The third kappa shape index (κ3) is 6.76. The second-order valence-corrected chi connectivity index (χ2v) is 5.87. The minimum absolute atomic E-state index is 0.0452. The summed E-state index contributed by atoms with van der Waals surface area (Å²) in [5.74, 6) is -0.216. The Balaban J connectivity index is 2.71. The molecule has 3 N–H and O–H groups in total. The summed E-state index contributed by atoms with van der Waals surface area (Å²) in [6.07, 6.45) is 0. The Morgan fingerprint density at radius 3 is 2.44 bits per heavy atom. The standard InChI is InChI=1S/C16H24N4O5/c1-5-19(9-15(21)17-11(2)3)10-16(22)18-13-7-6-12(20(23)24)8-14(13)25-4/h6-8,11H,5,9-10H2,1-4H3,(H,17,21)(H,18,22)/p+1. The number of nitrogens with zero attached hydrogens (tertiary/aromatic N) is 1. The van der Waals surface area contributed by atoms with E-state index in [0.717, 1.165) is 4.90 Å². The first kappa shape index (κ1) is 20.4. The number of nitrogens with one attached hydrogen (secondary N) is 3. The molecule has 25 heavy (non-hydrogen) atoms. The summed E-state index contributed by atoms with van der Waals surface area (Å²) in [6.45, 7) is 6.53. The molecular formula is C16H25N4O5+. The highest BCUT2D eigenvalue weighted by molar-refractivity contribution is 5.93. The van der Waals surface area contributed by atoms with Crippen LogP contribution in [0.3, 0.4) is 0 Å². The molecule has 1 unspecified atom stereocenters. The number of amides is 2. The van der Waals surface area contributed by atoms with E-state index in [0.29, 0.717) is 12.2 Å². The molecule has 138 valence electrons. The maximum absolute atomic E-state index is 12.2. The van der Waals surface area contributed by atoms with Gasteiger partial charge < -0.3 is 20.3 Å². The van der Waals surface area contributed by atoms with Gasteiger partial charge in [-0.1, -0.05) is 0 Å². The van der Waals surface area contributed by atoms with Gasteiger partial charge in [0.05, 0.1) is 30.3 Å². The molecule has 0 heterocycles. The largest absolute Gasteiger partial charge is 0.494 e. The van der Waals surface area contributed by atoms with Crippen molar-refractivity contribution < 1.29 is 24.1 Å². The Morgan fingerprint density at radius 2 is 1.92 bits per heavy atom.